The van der Waals surface area contributed by atoms with E-state index in [9.17, 15) is 13.6 Å². The first-order chi connectivity index (χ1) is 14.0. The van der Waals surface area contributed by atoms with E-state index in [0.29, 0.717) is 5.69 Å². The van der Waals surface area contributed by atoms with Crippen LogP contribution in [0.2, 0.25) is 0 Å². The van der Waals surface area contributed by atoms with Crippen molar-refractivity contribution in [3.05, 3.63) is 65.7 Å². The molecule has 0 saturated carbocycles. The molecule has 0 aliphatic heterocycles. The molecule has 0 aliphatic carbocycles. The number of rotatable bonds is 5. The summed E-state index contributed by atoms with van der Waals surface area (Å²) in [5.41, 5.74) is 2.60. The van der Waals surface area contributed by atoms with Crippen LogP contribution in [-0.2, 0) is 6.54 Å². The predicted molar refractivity (Wildman–Crippen MR) is 106 cm³/mol. The van der Waals surface area contributed by atoms with E-state index in [-0.39, 0.29) is 11.4 Å². The third-order valence-electron chi connectivity index (χ3n) is 4.72. The number of nitrogens with zero attached hydrogens (tertiary/aromatic N) is 2. The van der Waals surface area contributed by atoms with Crippen molar-refractivity contribution in [1.29, 1.82) is 0 Å². The van der Waals surface area contributed by atoms with E-state index in [1.165, 1.54) is 6.07 Å². The monoisotopic (exact) mass is 396 g/mol. The minimum Gasteiger partial charge on any atom is -0.496 e. The number of ether oxygens (including phenoxy) is 1. The van der Waals surface area contributed by atoms with Gasteiger partial charge in [-0.25, -0.2) is 8.78 Å². The molecule has 0 aliphatic rings. The summed E-state index contributed by atoms with van der Waals surface area (Å²) in [5, 5.41) is 10.6. The molecular formula is C21H18F2N4O2. The van der Waals surface area contributed by atoms with Crippen LogP contribution in [0, 0.1) is 11.6 Å². The largest absolute Gasteiger partial charge is 0.496 e. The van der Waals surface area contributed by atoms with Crippen molar-refractivity contribution in [3.63, 3.8) is 0 Å². The molecule has 29 heavy (non-hydrogen) atoms. The predicted octanol–water partition coefficient (Wildman–Crippen LogP) is 4.59. The van der Waals surface area contributed by atoms with Gasteiger partial charge in [0.05, 0.1) is 24.0 Å². The molecule has 2 heterocycles. The number of carbonyl (C=O) groups excluding carboxylic acids is 1. The Bertz CT molecular complexity index is 1210. The number of amides is 1. The average molecular weight is 396 g/mol. The number of fused-ring (bicyclic) bond motifs is 1. The van der Waals surface area contributed by atoms with Crippen LogP contribution in [0.25, 0.3) is 22.3 Å². The molecule has 4 aromatic rings. The highest BCUT2D eigenvalue weighted by atomic mass is 19.2. The highest BCUT2D eigenvalue weighted by molar-refractivity contribution is 6.04. The van der Waals surface area contributed by atoms with Crippen LogP contribution >= 0.6 is 0 Å². The molecule has 0 saturated heterocycles. The van der Waals surface area contributed by atoms with Gasteiger partial charge in [0.2, 0.25) is 0 Å². The van der Waals surface area contributed by atoms with Crippen LogP contribution in [-0.4, -0.2) is 27.8 Å². The molecule has 0 atom stereocenters. The molecule has 8 heteroatoms. The normalized spacial score (nSPS) is 11.0. The van der Waals surface area contributed by atoms with Gasteiger partial charge < -0.3 is 14.6 Å². The van der Waals surface area contributed by atoms with Gasteiger partial charge in [0.1, 0.15) is 5.75 Å². The number of anilines is 1. The summed E-state index contributed by atoms with van der Waals surface area (Å²) in [4.78, 5) is 12.3. The number of methoxy groups -OCH3 is 1. The van der Waals surface area contributed by atoms with Crippen molar-refractivity contribution in [1.82, 2.24) is 14.8 Å². The van der Waals surface area contributed by atoms with Crippen molar-refractivity contribution in [2.45, 2.75) is 13.5 Å². The van der Waals surface area contributed by atoms with Crippen LogP contribution in [0.5, 0.6) is 5.75 Å². The second-order valence-corrected chi connectivity index (χ2v) is 6.42. The first kappa shape index (κ1) is 18.7. The Balaban J connectivity index is 1.65. The molecule has 0 bridgehead atoms. The Hall–Kier alpha value is -3.68. The lowest BCUT2D eigenvalue weighted by Crippen LogP contribution is -2.12. The Labute approximate surface area is 165 Å². The number of nitrogens with one attached hydrogen (secondary N) is 2. The zero-order chi connectivity index (χ0) is 20.5. The summed E-state index contributed by atoms with van der Waals surface area (Å²) >= 11 is 0. The minimum absolute atomic E-state index is 0.000795. The van der Waals surface area contributed by atoms with Crippen LogP contribution in [0.15, 0.2) is 48.5 Å². The van der Waals surface area contributed by atoms with Crippen molar-refractivity contribution in [3.8, 4) is 17.1 Å². The SMILES string of the molecule is CCn1c(-c2cc(NC(=O)c3ccc(F)c(F)c3)n[nH]2)cc2c(OC)cccc21. The fourth-order valence-corrected chi connectivity index (χ4v) is 3.34. The van der Waals surface area contributed by atoms with E-state index in [2.05, 4.69) is 20.1 Å². The summed E-state index contributed by atoms with van der Waals surface area (Å²) < 4.78 is 34.0. The number of hydrogen-bond acceptors (Lipinski definition) is 3. The molecule has 0 radical (unpaired) electrons. The number of H-pyrrole nitrogens is 1. The molecule has 2 N–H and O–H groups in total. The number of carbonyl (C=O) groups is 1. The molecule has 0 unspecified atom stereocenters. The number of halogens is 2. The lowest BCUT2D eigenvalue weighted by Gasteiger charge is -2.06. The van der Waals surface area contributed by atoms with Gasteiger partial charge in [-0.15, -0.1) is 0 Å². The second-order valence-electron chi connectivity index (χ2n) is 6.42. The third-order valence-corrected chi connectivity index (χ3v) is 4.72. The number of aromatic nitrogens is 3. The molecule has 0 spiro atoms. The van der Waals surface area contributed by atoms with E-state index in [1.54, 1.807) is 13.2 Å². The van der Waals surface area contributed by atoms with Crippen LogP contribution in [0.1, 0.15) is 17.3 Å². The van der Waals surface area contributed by atoms with E-state index in [4.69, 9.17) is 4.74 Å². The van der Waals surface area contributed by atoms with Gasteiger partial charge in [-0.3, -0.25) is 9.89 Å². The van der Waals surface area contributed by atoms with E-state index < -0.39 is 17.5 Å². The van der Waals surface area contributed by atoms with Crippen molar-refractivity contribution >= 4 is 22.6 Å². The molecular weight excluding hydrogens is 378 g/mol. The summed E-state index contributed by atoms with van der Waals surface area (Å²) in [5.74, 6) is -1.63. The van der Waals surface area contributed by atoms with Crippen molar-refractivity contribution in [2.75, 3.05) is 12.4 Å². The van der Waals surface area contributed by atoms with Crippen LogP contribution in [0.4, 0.5) is 14.6 Å². The zero-order valence-electron chi connectivity index (χ0n) is 15.8. The first-order valence-electron chi connectivity index (χ1n) is 9.00. The lowest BCUT2D eigenvalue weighted by atomic mass is 10.2. The van der Waals surface area contributed by atoms with Crippen molar-refractivity contribution in [2.24, 2.45) is 0 Å². The maximum absolute atomic E-state index is 13.4. The number of aromatic amines is 1. The van der Waals surface area contributed by atoms with E-state index in [1.807, 2.05) is 31.2 Å². The van der Waals surface area contributed by atoms with E-state index in [0.717, 1.165) is 41.0 Å². The summed E-state index contributed by atoms with van der Waals surface area (Å²) in [7, 11) is 1.62. The highest BCUT2D eigenvalue weighted by Gasteiger charge is 2.16. The van der Waals surface area contributed by atoms with Crippen LogP contribution < -0.4 is 10.1 Å². The number of hydrogen-bond donors (Lipinski definition) is 2. The zero-order valence-corrected chi connectivity index (χ0v) is 15.8. The quantitative estimate of drug-likeness (QED) is 0.518. The summed E-state index contributed by atoms with van der Waals surface area (Å²) in [6.45, 7) is 2.76. The Morgan fingerprint density at radius 1 is 1.17 bits per heavy atom. The highest BCUT2D eigenvalue weighted by Crippen LogP contribution is 2.33. The first-order valence-corrected chi connectivity index (χ1v) is 9.00. The molecule has 4 rings (SSSR count). The Morgan fingerprint density at radius 3 is 2.72 bits per heavy atom. The average Bonchev–Trinajstić information content (AvgIpc) is 3.33. The van der Waals surface area contributed by atoms with Gasteiger partial charge in [0.15, 0.2) is 17.5 Å². The molecule has 1 amide bonds. The summed E-state index contributed by atoms with van der Waals surface area (Å²) in [6, 6.07) is 12.5. The molecule has 148 valence electrons. The smallest absolute Gasteiger partial charge is 0.256 e. The third kappa shape index (κ3) is 3.33. The Kier molecular flexibility index (Phi) is 4.75. The molecule has 0 fully saturated rings. The second kappa shape index (κ2) is 7.38. The van der Waals surface area contributed by atoms with Gasteiger partial charge in [-0.1, -0.05) is 6.07 Å². The molecule has 6 nitrogen and oxygen atoms in total. The van der Waals surface area contributed by atoms with Gasteiger partial charge in [-0.05, 0) is 43.3 Å². The van der Waals surface area contributed by atoms with E-state index >= 15 is 0 Å². The lowest BCUT2D eigenvalue weighted by molar-refractivity contribution is 0.102. The van der Waals surface area contributed by atoms with Gasteiger partial charge in [0, 0.05) is 23.6 Å². The Morgan fingerprint density at radius 2 is 2.00 bits per heavy atom. The standard InChI is InChI=1S/C21H18F2N4O2/c1-3-27-17-5-4-6-19(29-2)13(17)10-18(27)16-11-20(26-25-16)24-21(28)12-7-8-14(22)15(23)9-12/h4-11H,3H2,1-2H3,(H2,24,25,26,28). The molecule has 2 aromatic heterocycles. The maximum Gasteiger partial charge on any atom is 0.256 e. The fourth-order valence-electron chi connectivity index (χ4n) is 3.34. The molecule has 2 aromatic carbocycles. The number of aryl methyl sites for hydroxylation is 1. The van der Waals surface area contributed by atoms with Crippen molar-refractivity contribution < 1.29 is 18.3 Å². The van der Waals surface area contributed by atoms with Gasteiger partial charge in [-0.2, -0.15) is 5.10 Å². The van der Waals surface area contributed by atoms with Crippen LogP contribution in [0.3, 0.4) is 0 Å². The topological polar surface area (TPSA) is 71.9 Å². The van der Waals surface area contributed by atoms with Gasteiger partial charge in [0.25, 0.3) is 5.91 Å². The maximum atomic E-state index is 13.4. The van der Waals surface area contributed by atoms with Gasteiger partial charge >= 0.3 is 0 Å². The summed E-state index contributed by atoms with van der Waals surface area (Å²) in [6.07, 6.45) is 0. The number of benzene rings is 2. The minimum atomic E-state index is -1.08. The fraction of sp³-hybridized carbons (Fsp3) is 0.143.